The summed E-state index contributed by atoms with van der Waals surface area (Å²) in [4.78, 5) is 2.24. The van der Waals surface area contributed by atoms with Crippen molar-refractivity contribution in [3.8, 4) is 0 Å². The number of anilines is 1. The van der Waals surface area contributed by atoms with Gasteiger partial charge in [-0.05, 0) is 44.4 Å². The van der Waals surface area contributed by atoms with E-state index in [0.717, 1.165) is 35.1 Å². The Balaban J connectivity index is 2.21. The van der Waals surface area contributed by atoms with Gasteiger partial charge in [0.1, 0.15) is 0 Å². The highest BCUT2D eigenvalue weighted by atomic mass is 79.9. The van der Waals surface area contributed by atoms with Crippen molar-refractivity contribution in [2.45, 2.75) is 38.3 Å². The molecule has 100 valence electrons. The van der Waals surface area contributed by atoms with Crippen LogP contribution in [0.4, 0.5) is 5.69 Å². The zero-order chi connectivity index (χ0) is 13.3. The maximum absolute atomic E-state index is 10.1. The minimum absolute atomic E-state index is 0.0258. The Morgan fingerprint density at radius 3 is 2.78 bits per heavy atom. The van der Waals surface area contributed by atoms with E-state index in [9.17, 15) is 5.11 Å². The molecule has 0 amide bonds. The van der Waals surface area contributed by atoms with E-state index < -0.39 is 5.60 Å². The summed E-state index contributed by atoms with van der Waals surface area (Å²) in [5, 5.41) is 10.1. The summed E-state index contributed by atoms with van der Waals surface area (Å²) in [6.07, 6.45) is 1.91. The lowest BCUT2D eigenvalue weighted by molar-refractivity contribution is 0.0449. The van der Waals surface area contributed by atoms with Gasteiger partial charge in [-0.25, -0.2) is 0 Å². The van der Waals surface area contributed by atoms with Gasteiger partial charge < -0.3 is 15.7 Å². The minimum atomic E-state index is -0.579. The van der Waals surface area contributed by atoms with Gasteiger partial charge in [-0.1, -0.05) is 22.0 Å². The number of β-amino-alcohol motifs (C(OH)–C–C–N with tert-alkyl or cyclic N) is 1. The van der Waals surface area contributed by atoms with Crippen LogP contribution in [-0.2, 0) is 0 Å². The first-order valence-corrected chi connectivity index (χ1v) is 7.21. The van der Waals surface area contributed by atoms with Gasteiger partial charge in [-0.15, -0.1) is 0 Å². The van der Waals surface area contributed by atoms with E-state index in [4.69, 9.17) is 5.73 Å². The zero-order valence-corrected chi connectivity index (χ0v) is 12.6. The first-order valence-electron chi connectivity index (χ1n) is 6.41. The minimum Gasteiger partial charge on any atom is -0.388 e. The van der Waals surface area contributed by atoms with E-state index in [2.05, 4.69) is 39.0 Å². The molecule has 0 aliphatic carbocycles. The van der Waals surface area contributed by atoms with Crippen LogP contribution in [0.5, 0.6) is 0 Å². The van der Waals surface area contributed by atoms with E-state index in [0.29, 0.717) is 6.54 Å². The van der Waals surface area contributed by atoms with E-state index in [-0.39, 0.29) is 6.04 Å². The molecule has 1 aliphatic rings. The maximum atomic E-state index is 10.1. The monoisotopic (exact) mass is 312 g/mol. The fourth-order valence-electron chi connectivity index (χ4n) is 2.52. The maximum Gasteiger partial charge on any atom is 0.0794 e. The third-order valence-corrected chi connectivity index (χ3v) is 4.20. The number of benzene rings is 1. The fraction of sp³-hybridized carbons (Fsp3) is 0.571. The molecule has 0 spiro atoms. The Kier molecular flexibility index (Phi) is 3.99. The quantitative estimate of drug-likeness (QED) is 0.883. The summed E-state index contributed by atoms with van der Waals surface area (Å²) < 4.78 is 1.04. The summed E-state index contributed by atoms with van der Waals surface area (Å²) in [6.45, 7) is 5.58. The van der Waals surface area contributed by atoms with Gasteiger partial charge in [0.25, 0.3) is 0 Å². The predicted octanol–water partition coefficient (Wildman–Crippen LogP) is 2.82. The van der Waals surface area contributed by atoms with Crippen molar-refractivity contribution in [1.82, 2.24) is 0 Å². The molecule has 4 heteroatoms. The summed E-state index contributed by atoms with van der Waals surface area (Å²) in [5.41, 5.74) is 7.58. The smallest absolute Gasteiger partial charge is 0.0794 e. The number of hydrogen-bond acceptors (Lipinski definition) is 3. The van der Waals surface area contributed by atoms with E-state index in [1.165, 1.54) is 0 Å². The highest BCUT2D eigenvalue weighted by Gasteiger charge is 2.28. The third-order valence-electron chi connectivity index (χ3n) is 3.51. The van der Waals surface area contributed by atoms with Gasteiger partial charge in [0, 0.05) is 29.3 Å². The second kappa shape index (κ2) is 5.19. The molecular formula is C14H21BrN2O. The topological polar surface area (TPSA) is 49.5 Å². The summed E-state index contributed by atoms with van der Waals surface area (Å²) in [5.74, 6) is 0. The van der Waals surface area contributed by atoms with Gasteiger partial charge in [-0.3, -0.25) is 0 Å². The van der Waals surface area contributed by atoms with Crippen LogP contribution >= 0.6 is 15.9 Å². The zero-order valence-electron chi connectivity index (χ0n) is 11.0. The largest absolute Gasteiger partial charge is 0.388 e. The van der Waals surface area contributed by atoms with Crippen molar-refractivity contribution in [2.75, 3.05) is 18.0 Å². The molecule has 1 saturated heterocycles. The molecule has 1 unspecified atom stereocenters. The first-order chi connectivity index (χ1) is 8.39. The Morgan fingerprint density at radius 2 is 2.22 bits per heavy atom. The number of nitrogens with two attached hydrogens (primary N) is 1. The van der Waals surface area contributed by atoms with Crippen molar-refractivity contribution in [3.63, 3.8) is 0 Å². The Labute approximate surface area is 117 Å². The molecule has 3 nitrogen and oxygen atoms in total. The van der Waals surface area contributed by atoms with Gasteiger partial charge >= 0.3 is 0 Å². The Bertz CT molecular complexity index is 432. The van der Waals surface area contributed by atoms with Crippen molar-refractivity contribution in [3.05, 3.63) is 28.2 Å². The number of piperidine rings is 1. The van der Waals surface area contributed by atoms with Crippen LogP contribution in [0.1, 0.15) is 38.3 Å². The van der Waals surface area contributed by atoms with Crippen LogP contribution in [-0.4, -0.2) is 23.8 Å². The van der Waals surface area contributed by atoms with Crippen LogP contribution in [0.25, 0.3) is 0 Å². The molecule has 3 N–H and O–H groups in total. The van der Waals surface area contributed by atoms with Gasteiger partial charge in [0.15, 0.2) is 0 Å². The number of rotatable bonds is 2. The summed E-state index contributed by atoms with van der Waals surface area (Å²) >= 11 is 3.57. The Hall–Kier alpha value is -0.580. The molecule has 0 radical (unpaired) electrons. The van der Waals surface area contributed by atoms with Crippen LogP contribution in [0.15, 0.2) is 22.7 Å². The van der Waals surface area contributed by atoms with Crippen LogP contribution < -0.4 is 10.6 Å². The fourth-order valence-corrected chi connectivity index (χ4v) is 3.25. The van der Waals surface area contributed by atoms with Crippen LogP contribution in [0.3, 0.4) is 0 Å². The number of halogens is 1. The summed E-state index contributed by atoms with van der Waals surface area (Å²) in [6, 6.07) is 6.27. The molecule has 1 aliphatic heterocycles. The average Bonchev–Trinajstić information content (AvgIpc) is 2.27. The van der Waals surface area contributed by atoms with Crippen LogP contribution in [0.2, 0.25) is 0 Å². The number of hydrogen-bond donors (Lipinski definition) is 2. The van der Waals surface area contributed by atoms with Crippen molar-refractivity contribution < 1.29 is 5.11 Å². The molecular weight excluding hydrogens is 292 g/mol. The second-order valence-electron chi connectivity index (χ2n) is 5.52. The van der Waals surface area contributed by atoms with Gasteiger partial charge in [-0.2, -0.15) is 0 Å². The van der Waals surface area contributed by atoms with E-state index >= 15 is 0 Å². The molecule has 1 aromatic carbocycles. The molecule has 0 bridgehead atoms. The van der Waals surface area contributed by atoms with Crippen molar-refractivity contribution in [2.24, 2.45) is 5.73 Å². The normalized spacial score (nSPS) is 26.2. The third kappa shape index (κ3) is 3.05. The van der Waals surface area contributed by atoms with E-state index in [1.807, 2.05) is 13.8 Å². The van der Waals surface area contributed by atoms with Crippen molar-refractivity contribution >= 4 is 21.6 Å². The highest BCUT2D eigenvalue weighted by molar-refractivity contribution is 9.10. The number of nitrogens with zero attached hydrogens (tertiary/aromatic N) is 1. The molecule has 18 heavy (non-hydrogen) atoms. The lowest BCUT2D eigenvalue weighted by Gasteiger charge is -2.38. The second-order valence-corrected chi connectivity index (χ2v) is 6.37. The molecule has 1 fully saturated rings. The standard InChI is InChI=1S/C14H21BrN2O/c1-10(16)12-5-4-11(8-13(12)15)17-7-3-6-14(2,18)9-17/h4-5,8,10,18H,3,6-7,9,16H2,1-2H3/t10-,14?/m1/s1. The molecule has 2 rings (SSSR count). The highest BCUT2D eigenvalue weighted by Crippen LogP contribution is 2.30. The lowest BCUT2D eigenvalue weighted by Crippen LogP contribution is -2.46. The van der Waals surface area contributed by atoms with Gasteiger partial charge in [0.05, 0.1) is 5.60 Å². The molecule has 0 aromatic heterocycles. The lowest BCUT2D eigenvalue weighted by atomic mass is 9.94. The van der Waals surface area contributed by atoms with Gasteiger partial charge in [0.2, 0.25) is 0 Å². The SMILES string of the molecule is C[C@@H](N)c1ccc(N2CCCC(C)(O)C2)cc1Br. The van der Waals surface area contributed by atoms with Crippen LogP contribution in [0, 0.1) is 0 Å². The predicted molar refractivity (Wildman–Crippen MR) is 78.8 cm³/mol. The van der Waals surface area contributed by atoms with Crippen molar-refractivity contribution in [1.29, 1.82) is 0 Å². The molecule has 1 heterocycles. The average molecular weight is 313 g/mol. The molecule has 1 aromatic rings. The molecule has 0 saturated carbocycles. The number of aliphatic hydroxyl groups is 1. The Morgan fingerprint density at radius 1 is 1.50 bits per heavy atom. The first kappa shape index (κ1) is 13.8. The molecule has 2 atom stereocenters. The van der Waals surface area contributed by atoms with E-state index in [1.54, 1.807) is 0 Å². The summed E-state index contributed by atoms with van der Waals surface area (Å²) in [7, 11) is 0.